The summed E-state index contributed by atoms with van der Waals surface area (Å²) in [7, 11) is 0. The van der Waals surface area contributed by atoms with Gasteiger partial charge in [-0.05, 0) is 18.4 Å². The predicted octanol–water partition coefficient (Wildman–Crippen LogP) is -1.01. The van der Waals surface area contributed by atoms with E-state index in [9.17, 15) is 19.5 Å². The average molecular weight is 277 g/mol. The highest BCUT2D eigenvalue weighted by Gasteiger charge is 2.05. The van der Waals surface area contributed by atoms with Crippen molar-refractivity contribution in [3.05, 3.63) is 35.9 Å². The second-order valence-corrected chi connectivity index (χ2v) is 4.23. The van der Waals surface area contributed by atoms with Crippen molar-refractivity contribution >= 4 is 17.8 Å². The quantitative estimate of drug-likeness (QED) is 0.636. The molecule has 6 nitrogen and oxygen atoms in total. The summed E-state index contributed by atoms with van der Waals surface area (Å²) in [4.78, 5) is 32.7. The minimum atomic E-state index is -1.28. The van der Waals surface area contributed by atoms with E-state index in [-0.39, 0.29) is 25.3 Å². The Labute approximate surface area is 117 Å². The number of hydrogen-bond acceptors (Lipinski definition) is 4. The van der Waals surface area contributed by atoms with E-state index in [1.54, 1.807) is 0 Å². The van der Waals surface area contributed by atoms with Gasteiger partial charge < -0.3 is 20.5 Å². The predicted molar refractivity (Wildman–Crippen MR) is 70.4 cm³/mol. The molecule has 0 saturated heterocycles. The van der Waals surface area contributed by atoms with Gasteiger partial charge in [0, 0.05) is 18.9 Å². The lowest BCUT2D eigenvalue weighted by atomic mass is 10.1. The van der Waals surface area contributed by atoms with Gasteiger partial charge in [-0.3, -0.25) is 9.59 Å². The molecule has 0 aromatic heterocycles. The van der Waals surface area contributed by atoms with E-state index in [0.29, 0.717) is 13.0 Å². The molecule has 0 aliphatic heterocycles. The lowest BCUT2D eigenvalue weighted by molar-refractivity contribution is -0.305. The van der Waals surface area contributed by atoms with Gasteiger partial charge in [0.2, 0.25) is 11.8 Å². The number of carbonyl (C=O) groups is 3. The number of hydrogen-bond donors (Lipinski definition) is 2. The lowest BCUT2D eigenvalue weighted by Crippen LogP contribution is -2.38. The Kier molecular flexibility index (Phi) is 6.81. The summed E-state index contributed by atoms with van der Waals surface area (Å²) in [6.45, 7) is 0.332. The first-order valence-corrected chi connectivity index (χ1v) is 6.35. The van der Waals surface area contributed by atoms with Gasteiger partial charge in [-0.2, -0.15) is 0 Å². The molecule has 2 N–H and O–H groups in total. The number of rotatable bonds is 8. The molecule has 0 fully saturated rings. The van der Waals surface area contributed by atoms with Crippen LogP contribution in [-0.4, -0.2) is 30.9 Å². The van der Waals surface area contributed by atoms with Crippen molar-refractivity contribution in [3.63, 3.8) is 0 Å². The summed E-state index contributed by atoms with van der Waals surface area (Å²) in [6.07, 6.45) is 0.187. The molecule has 0 spiro atoms. The smallest absolute Gasteiger partial charge is 0.239 e. The summed E-state index contributed by atoms with van der Waals surface area (Å²) in [5, 5.41) is 15.2. The maximum atomic E-state index is 11.4. The van der Waals surface area contributed by atoms with Gasteiger partial charge in [-0.1, -0.05) is 30.3 Å². The molecular weight excluding hydrogens is 260 g/mol. The van der Waals surface area contributed by atoms with Crippen LogP contribution in [-0.2, 0) is 20.8 Å². The summed E-state index contributed by atoms with van der Waals surface area (Å²) in [5.41, 5.74) is 1.12. The minimum Gasteiger partial charge on any atom is -0.550 e. The Hall–Kier alpha value is -2.37. The Bertz CT molecular complexity index is 460. The summed E-state index contributed by atoms with van der Waals surface area (Å²) < 4.78 is 0. The zero-order valence-electron chi connectivity index (χ0n) is 11.1. The van der Waals surface area contributed by atoms with Crippen LogP contribution in [0.25, 0.3) is 0 Å². The van der Waals surface area contributed by atoms with Gasteiger partial charge >= 0.3 is 0 Å². The van der Waals surface area contributed by atoms with Crippen molar-refractivity contribution in [2.45, 2.75) is 19.3 Å². The molecule has 0 bridgehead atoms. The van der Waals surface area contributed by atoms with E-state index >= 15 is 0 Å². The van der Waals surface area contributed by atoms with Crippen molar-refractivity contribution in [2.75, 3.05) is 13.1 Å². The van der Waals surface area contributed by atoms with Crippen LogP contribution in [0.5, 0.6) is 0 Å². The molecule has 1 aromatic carbocycles. The highest BCUT2D eigenvalue weighted by Crippen LogP contribution is 1.97. The topological polar surface area (TPSA) is 98.3 Å². The molecule has 108 valence electrons. The standard InChI is InChI=1S/C14H18N2O4/c17-12(6-7-14(19)20)16-10-13(18)15-9-8-11-4-2-1-3-5-11/h1-5H,6-10H2,(H,15,18)(H,16,17)(H,19,20)/p-1. The minimum absolute atomic E-state index is 0.152. The first kappa shape index (κ1) is 15.7. The van der Waals surface area contributed by atoms with Crippen LogP contribution in [0.4, 0.5) is 0 Å². The second-order valence-electron chi connectivity index (χ2n) is 4.23. The normalized spacial score (nSPS) is 9.80. The van der Waals surface area contributed by atoms with Gasteiger partial charge in [-0.25, -0.2) is 0 Å². The van der Waals surface area contributed by atoms with E-state index in [1.807, 2.05) is 30.3 Å². The van der Waals surface area contributed by atoms with Crippen molar-refractivity contribution < 1.29 is 19.5 Å². The molecule has 0 unspecified atom stereocenters. The van der Waals surface area contributed by atoms with Crippen molar-refractivity contribution in [2.24, 2.45) is 0 Å². The highest BCUT2D eigenvalue weighted by molar-refractivity contribution is 5.85. The summed E-state index contributed by atoms with van der Waals surface area (Å²) >= 11 is 0. The van der Waals surface area contributed by atoms with Gasteiger partial charge in [0.15, 0.2) is 0 Å². The molecule has 0 saturated carbocycles. The number of amides is 2. The fourth-order valence-corrected chi connectivity index (χ4v) is 1.54. The lowest BCUT2D eigenvalue weighted by Gasteiger charge is -2.07. The van der Waals surface area contributed by atoms with Crippen LogP contribution in [0.15, 0.2) is 30.3 Å². The number of carbonyl (C=O) groups excluding carboxylic acids is 3. The third-order valence-electron chi connectivity index (χ3n) is 2.58. The monoisotopic (exact) mass is 277 g/mol. The van der Waals surface area contributed by atoms with Gasteiger partial charge in [-0.15, -0.1) is 0 Å². The van der Waals surface area contributed by atoms with Crippen LogP contribution < -0.4 is 15.7 Å². The molecule has 6 heteroatoms. The van der Waals surface area contributed by atoms with E-state index in [1.165, 1.54) is 0 Å². The van der Waals surface area contributed by atoms with Crippen molar-refractivity contribution in [1.29, 1.82) is 0 Å². The summed E-state index contributed by atoms with van der Waals surface area (Å²) in [5.74, 6) is -2.07. The third kappa shape index (κ3) is 7.15. The molecule has 1 aromatic rings. The third-order valence-corrected chi connectivity index (χ3v) is 2.58. The average Bonchev–Trinajstić information content (AvgIpc) is 2.44. The van der Waals surface area contributed by atoms with Crippen LogP contribution in [0.3, 0.4) is 0 Å². The van der Waals surface area contributed by atoms with Gasteiger partial charge in [0.1, 0.15) is 0 Å². The van der Waals surface area contributed by atoms with Gasteiger partial charge in [0.25, 0.3) is 0 Å². The SMILES string of the molecule is O=C([O-])CCC(=O)NCC(=O)NCCc1ccccc1. The number of benzene rings is 1. The van der Waals surface area contributed by atoms with Crippen LogP contribution in [0.2, 0.25) is 0 Å². The van der Waals surface area contributed by atoms with Crippen LogP contribution in [0.1, 0.15) is 18.4 Å². The molecule has 0 aliphatic carbocycles. The Morgan fingerprint density at radius 3 is 2.30 bits per heavy atom. The van der Waals surface area contributed by atoms with Gasteiger partial charge in [0.05, 0.1) is 6.54 Å². The maximum Gasteiger partial charge on any atom is 0.239 e. The van der Waals surface area contributed by atoms with Crippen molar-refractivity contribution in [3.8, 4) is 0 Å². The zero-order chi connectivity index (χ0) is 14.8. The maximum absolute atomic E-state index is 11.4. The van der Waals surface area contributed by atoms with Crippen molar-refractivity contribution in [1.82, 2.24) is 10.6 Å². The fraction of sp³-hybridized carbons (Fsp3) is 0.357. The molecule has 2 amide bonds. The highest BCUT2D eigenvalue weighted by atomic mass is 16.4. The fourth-order valence-electron chi connectivity index (χ4n) is 1.54. The largest absolute Gasteiger partial charge is 0.550 e. The Morgan fingerprint density at radius 2 is 1.65 bits per heavy atom. The van der Waals surface area contributed by atoms with Crippen LogP contribution in [0, 0.1) is 0 Å². The molecular formula is C14H17N2O4-. The number of aliphatic carboxylic acids is 1. The van der Waals surface area contributed by atoms with E-state index in [4.69, 9.17) is 0 Å². The molecule has 1 rings (SSSR count). The molecule has 0 aliphatic rings. The molecule has 0 heterocycles. The van der Waals surface area contributed by atoms with E-state index in [0.717, 1.165) is 5.56 Å². The summed E-state index contributed by atoms with van der Waals surface area (Å²) in [6, 6.07) is 9.70. The molecule has 20 heavy (non-hydrogen) atoms. The Balaban J connectivity index is 2.11. The van der Waals surface area contributed by atoms with Crippen LogP contribution >= 0.6 is 0 Å². The zero-order valence-corrected chi connectivity index (χ0v) is 11.1. The molecule has 0 atom stereocenters. The number of nitrogens with one attached hydrogen (secondary N) is 2. The second kappa shape index (κ2) is 8.68. The number of carboxylic acid groups (broad SMARTS) is 1. The van der Waals surface area contributed by atoms with E-state index in [2.05, 4.69) is 10.6 Å². The molecule has 0 radical (unpaired) electrons. The number of carboxylic acids is 1. The Morgan fingerprint density at radius 1 is 0.950 bits per heavy atom. The first-order valence-electron chi connectivity index (χ1n) is 6.35. The first-order chi connectivity index (χ1) is 9.58. The van der Waals surface area contributed by atoms with E-state index < -0.39 is 11.9 Å².